The third-order valence-electron chi connectivity index (χ3n) is 2.60. The predicted octanol–water partition coefficient (Wildman–Crippen LogP) is 1.71. The maximum Gasteiger partial charge on any atom is 0.0992 e. The van der Waals surface area contributed by atoms with E-state index in [4.69, 9.17) is 11.0 Å². The Morgan fingerprint density at radius 2 is 2.25 bits per heavy atom. The Morgan fingerprint density at radius 3 is 2.81 bits per heavy atom. The minimum Gasteiger partial charge on any atom is -0.397 e. The van der Waals surface area contributed by atoms with Crippen molar-refractivity contribution in [2.75, 3.05) is 17.6 Å². The summed E-state index contributed by atoms with van der Waals surface area (Å²) >= 11 is 0. The van der Waals surface area contributed by atoms with Crippen LogP contribution in [0.4, 0.5) is 11.4 Å². The van der Waals surface area contributed by atoms with Crippen molar-refractivity contribution in [1.29, 1.82) is 5.26 Å². The van der Waals surface area contributed by atoms with Gasteiger partial charge in [0.05, 0.1) is 28.6 Å². The van der Waals surface area contributed by atoms with Crippen molar-refractivity contribution in [3.05, 3.63) is 23.8 Å². The molecule has 4 nitrogen and oxygen atoms in total. The summed E-state index contributed by atoms with van der Waals surface area (Å²) < 4.78 is 0. The van der Waals surface area contributed by atoms with E-state index in [1.807, 2.05) is 13.0 Å². The zero-order valence-corrected chi connectivity index (χ0v) is 9.62. The van der Waals surface area contributed by atoms with E-state index >= 15 is 0 Å². The lowest BCUT2D eigenvalue weighted by atomic mass is 10.0. The first-order valence-corrected chi connectivity index (χ1v) is 5.24. The summed E-state index contributed by atoms with van der Waals surface area (Å²) in [6.45, 7) is 4.07. The summed E-state index contributed by atoms with van der Waals surface area (Å²) in [4.78, 5) is 0. The second-order valence-electron chi connectivity index (χ2n) is 4.12. The van der Waals surface area contributed by atoms with E-state index in [0.29, 0.717) is 29.9 Å². The van der Waals surface area contributed by atoms with Gasteiger partial charge in [-0.25, -0.2) is 0 Å². The number of rotatable bonds is 4. The molecule has 16 heavy (non-hydrogen) atoms. The first-order chi connectivity index (χ1) is 7.48. The lowest BCUT2D eigenvalue weighted by Gasteiger charge is -2.22. The van der Waals surface area contributed by atoms with Crippen LogP contribution in [0.3, 0.4) is 0 Å². The number of anilines is 2. The number of nitrogen functional groups attached to an aromatic ring is 1. The van der Waals surface area contributed by atoms with Crippen LogP contribution < -0.4 is 11.1 Å². The molecule has 0 spiro atoms. The van der Waals surface area contributed by atoms with Gasteiger partial charge in [0.2, 0.25) is 0 Å². The summed E-state index contributed by atoms with van der Waals surface area (Å²) in [6, 6.07) is 7.08. The topological polar surface area (TPSA) is 82.1 Å². The fraction of sp³-hybridized carbons (Fsp3) is 0.417. The van der Waals surface area contributed by atoms with Crippen LogP contribution in [0, 0.1) is 11.3 Å². The Morgan fingerprint density at radius 1 is 1.56 bits per heavy atom. The molecule has 1 atom stereocenters. The van der Waals surface area contributed by atoms with E-state index in [9.17, 15) is 5.11 Å². The number of nitrogens with zero attached hydrogens (tertiary/aromatic N) is 1. The summed E-state index contributed by atoms with van der Waals surface area (Å²) in [5, 5.41) is 21.6. The van der Waals surface area contributed by atoms with Crippen molar-refractivity contribution >= 4 is 11.4 Å². The first kappa shape index (κ1) is 12.3. The average molecular weight is 219 g/mol. The van der Waals surface area contributed by atoms with Crippen molar-refractivity contribution < 1.29 is 5.11 Å². The van der Waals surface area contributed by atoms with Crippen molar-refractivity contribution in [1.82, 2.24) is 0 Å². The first-order valence-electron chi connectivity index (χ1n) is 5.24. The van der Waals surface area contributed by atoms with Gasteiger partial charge in [-0.15, -0.1) is 0 Å². The molecule has 0 saturated carbocycles. The lowest BCUT2D eigenvalue weighted by molar-refractivity contribution is 0.0697. The zero-order chi connectivity index (χ0) is 12.2. The van der Waals surface area contributed by atoms with Gasteiger partial charge in [-0.1, -0.05) is 6.92 Å². The van der Waals surface area contributed by atoms with Crippen LogP contribution in [0.25, 0.3) is 0 Å². The van der Waals surface area contributed by atoms with Crippen LogP contribution in [0.5, 0.6) is 0 Å². The fourth-order valence-corrected chi connectivity index (χ4v) is 1.19. The van der Waals surface area contributed by atoms with E-state index in [0.717, 1.165) is 0 Å². The highest BCUT2D eigenvalue weighted by atomic mass is 16.3. The van der Waals surface area contributed by atoms with Gasteiger partial charge in [-0.05, 0) is 31.5 Å². The van der Waals surface area contributed by atoms with Crippen molar-refractivity contribution in [3.63, 3.8) is 0 Å². The molecule has 0 aliphatic rings. The minimum absolute atomic E-state index is 0.405. The molecule has 0 aliphatic heterocycles. The average Bonchev–Trinajstić information content (AvgIpc) is 2.28. The molecule has 0 heterocycles. The Balaban J connectivity index is 2.78. The SMILES string of the molecule is CCC(C)(O)CNc1cc(C#N)ccc1N. The number of benzene rings is 1. The van der Waals surface area contributed by atoms with Gasteiger partial charge in [0.25, 0.3) is 0 Å². The van der Waals surface area contributed by atoms with Crippen LogP contribution in [-0.2, 0) is 0 Å². The minimum atomic E-state index is -0.769. The molecule has 1 unspecified atom stereocenters. The predicted molar refractivity (Wildman–Crippen MR) is 65.0 cm³/mol. The monoisotopic (exact) mass is 219 g/mol. The maximum atomic E-state index is 9.83. The maximum absolute atomic E-state index is 9.83. The molecule has 0 saturated heterocycles. The molecule has 1 aromatic rings. The fourth-order valence-electron chi connectivity index (χ4n) is 1.19. The van der Waals surface area contributed by atoms with Gasteiger partial charge in [0.15, 0.2) is 0 Å². The standard InChI is InChI=1S/C12H17N3O/c1-3-12(2,16)8-15-11-6-9(7-13)4-5-10(11)14/h4-6,15-16H,3,8,14H2,1-2H3. The molecule has 0 amide bonds. The van der Waals surface area contributed by atoms with Gasteiger partial charge in [0.1, 0.15) is 0 Å². The van der Waals surface area contributed by atoms with E-state index < -0.39 is 5.60 Å². The Labute approximate surface area is 95.7 Å². The highest BCUT2D eigenvalue weighted by Crippen LogP contribution is 2.21. The van der Waals surface area contributed by atoms with Gasteiger partial charge < -0.3 is 16.2 Å². The Kier molecular flexibility index (Phi) is 3.75. The summed E-state index contributed by atoms with van der Waals surface area (Å²) in [5.74, 6) is 0. The zero-order valence-electron chi connectivity index (χ0n) is 9.62. The van der Waals surface area contributed by atoms with Gasteiger partial charge in [-0.2, -0.15) is 5.26 Å². The molecule has 1 rings (SSSR count). The third kappa shape index (κ3) is 3.14. The molecule has 0 radical (unpaired) electrons. The number of aliphatic hydroxyl groups is 1. The van der Waals surface area contributed by atoms with E-state index in [1.165, 1.54) is 0 Å². The summed E-state index contributed by atoms with van der Waals surface area (Å²) in [5.41, 5.74) is 6.80. The number of nitrogens with two attached hydrogens (primary N) is 1. The molecule has 1 aromatic carbocycles. The molecule has 0 aliphatic carbocycles. The highest BCUT2D eigenvalue weighted by molar-refractivity contribution is 5.68. The molecular formula is C12H17N3O. The van der Waals surface area contributed by atoms with Crippen LogP contribution in [0.2, 0.25) is 0 Å². The van der Waals surface area contributed by atoms with E-state index in [-0.39, 0.29) is 0 Å². The summed E-state index contributed by atoms with van der Waals surface area (Å²) in [6.07, 6.45) is 0.651. The molecule has 4 N–H and O–H groups in total. The number of hydrogen-bond donors (Lipinski definition) is 3. The normalized spacial score (nSPS) is 13.9. The van der Waals surface area contributed by atoms with Crippen molar-refractivity contribution in [3.8, 4) is 6.07 Å². The van der Waals surface area contributed by atoms with E-state index in [2.05, 4.69) is 5.32 Å². The van der Waals surface area contributed by atoms with Crippen molar-refractivity contribution in [2.45, 2.75) is 25.9 Å². The molecule has 0 fully saturated rings. The third-order valence-corrected chi connectivity index (χ3v) is 2.60. The van der Waals surface area contributed by atoms with Gasteiger partial charge in [0, 0.05) is 6.54 Å². The molecule has 0 bridgehead atoms. The second kappa shape index (κ2) is 4.86. The number of hydrogen-bond acceptors (Lipinski definition) is 4. The number of nitriles is 1. The number of nitrogens with one attached hydrogen (secondary N) is 1. The van der Waals surface area contributed by atoms with Crippen LogP contribution in [-0.4, -0.2) is 17.3 Å². The molecule has 86 valence electrons. The second-order valence-corrected chi connectivity index (χ2v) is 4.12. The quantitative estimate of drug-likeness (QED) is 0.673. The highest BCUT2D eigenvalue weighted by Gasteiger charge is 2.17. The van der Waals surface area contributed by atoms with Gasteiger partial charge >= 0.3 is 0 Å². The van der Waals surface area contributed by atoms with E-state index in [1.54, 1.807) is 25.1 Å². The Hall–Kier alpha value is -1.73. The smallest absolute Gasteiger partial charge is 0.0992 e. The van der Waals surface area contributed by atoms with Crippen LogP contribution in [0.1, 0.15) is 25.8 Å². The van der Waals surface area contributed by atoms with Crippen LogP contribution >= 0.6 is 0 Å². The molecular weight excluding hydrogens is 202 g/mol. The lowest BCUT2D eigenvalue weighted by Crippen LogP contribution is -2.32. The summed E-state index contributed by atoms with van der Waals surface area (Å²) in [7, 11) is 0. The largest absolute Gasteiger partial charge is 0.397 e. The van der Waals surface area contributed by atoms with Gasteiger partial charge in [-0.3, -0.25) is 0 Å². The van der Waals surface area contributed by atoms with Crippen molar-refractivity contribution in [2.24, 2.45) is 0 Å². The molecule has 4 heteroatoms. The molecule has 0 aromatic heterocycles. The Bertz CT molecular complexity index is 407. The van der Waals surface area contributed by atoms with Crippen LogP contribution in [0.15, 0.2) is 18.2 Å².